The number of hydrogen-bond acceptors (Lipinski definition) is 9. The first kappa shape index (κ1) is 14.6. The molecule has 1 rings (SSSR count). The van der Waals surface area contributed by atoms with E-state index in [-0.39, 0.29) is 0 Å². The average Bonchev–Trinajstić information content (AvgIpc) is 2.69. The summed E-state index contributed by atoms with van der Waals surface area (Å²) >= 11 is 3.09. The molecule has 0 aliphatic carbocycles. The number of ether oxygens (including phenoxy) is 5. The molecule has 5 atom stereocenters. The molecule has 10 heteroatoms. The molecule has 9 nitrogen and oxygen atoms in total. The van der Waals surface area contributed by atoms with Gasteiger partial charge in [-0.25, -0.2) is 0 Å². The number of carbonyl (C=O) groups is 4. The van der Waals surface area contributed by atoms with E-state index in [1.165, 1.54) is 0 Å². The lowest BCUT2D eigenvalue weighted by Gasteiger charge is -2.42. The molecule has 0 bridgehead atoms. The lowest BCUT2D eigenvalue weighted by Crippen LogP contribution is -2.60. The molecule has 1 aliphatic rings. The SMILES string of the molecule is [2H]CC(=O)OC[C@H]1OC(Br)[C@@H](OC(=O)C[2H])[C@@H](OC(=O)C[2H])[C@@H]1OC(=O)C[2H]. The van der Waals surface area contributed by atoms with Gasteiger partial charge in [0, 0.05) is 33.1 Å². The zero-order valence-corrected chi connectivity index (χ0v) is 14.1. The Morgan fingerprint density at radius 3 is 1.92 bits per heavy atom. The van der Waals surface area contributed by atoms with Gasteiger partial charge >= 0.3 is 23.9 Å². The highest BCUT2D eigenvalue weighted by molar-refractivity contribution is 9.09. The molecular formula is C14H19BrO9. The minimum Gasteiger partial charge on any atom is -0.463 e. The van der Waals surface area contributed by atoms with Gasteiger partial charge in [-0.1, -0.05) is 15.9 Å². The third kappa shape index (κ3) is 6.08. The van der Waals surface area contributed by atoms with E-state index >= 15 is 0 Å². The molecule has 1 heterocycles. The van der Waals surface area contributed by atoms with Gasteiger partial charge in [0.25, 0.3) is 0 Å². The summed E-state index contributed by atoms with van der Waals surface area (Å²) in [4.78, 5) is 46.1. The van der Waals surface area contributed by atoms with Crippen molar-refractivity contribution >= 4 is 39.8 Å². The summed E-state index contributed by atoms with van der Waals surface area (Å²) in [5, 5.41) is -1.10. The smallest absolute Gasteiger partial charge is 0.303 e. The molecule has 1 aliphatic heterocycles. The predicted molar refractivity (Wildman–Crippen MR) is 80.9 cm³/mol. The van der Waals surface area contributed by atoms with Gasteiger partial charge in [0.2, 0.25) is 0 Å². The van der Waals surface area contributed by atoms with Crippen LogP contribution in [0.2, 0.25) is 0 Å². The monoisotopic (exact) mass is 414 g/mol. The quantitative estimate of drug-likeness (QED) is 0.359. The van der Waals surface area contributed by atoms with Crippen molar-refractivity contribution in [1.29, 1.82) is 0 Å². The van der Waals surface area contributed by atoms with Crippen LogP contribution in [0, 0.1) is 0 Å². The molecule has 0 spiro atoms. The summed E-state index contributed by atoms with van der Waals surface area (Å²) in [6.07, 6.45) is -5.43. The number of rotatable bonds is 5. The molecule has 0 amide bonds. The molecule has 1 fully saturated rings. The second-order valence-corrected chi connectivity index (χ2v) is 5.47. The molecule has 136 valence electrons. The maximum atomic E-state index is 11.7. The fourth-order valence-corrected chi connectivity index (χ4v) is 2.72. The van der Waals surface area contributed by atoms with Gasteiger partial charge in [-0.3, -0.25) is 19.2 Å². The average molecular weight is 415 g/mol. The molecule has 0 aromatic heterocycles. The van der Waals surface area contributed by atoms with Gasteiger partial charge in [0.1, 0.15) is 12.7 Å². The van der Waals surface area contributed by atoms with Crippen molar-refractivity contribution in [3.8, 4) is 0 Å². The Kier molecular flexibility index (Phi) is 5.48. The highest BCUT2D eigenvalue weighted by Crippen LogP contribution is 2.31. The molecular weight excluding hydrogens is 392 g/mol. The minimum absolute atomic E-state index is 0.482. The highest BCUT2D eigenvalue weighted by atomic mass is 79.9. The third-order valence-corrected chi connectivity index (χ3v) is 3.53. The first-order chi connectivity index (χ1) is 13.3. The first-order valence-corrected chi connectivity index (χ1v) is 7.39. The van der Waals surface area contributed by atoms with Crippen molar-refractivity contribution in [2.75, 3.05) is 6.61 Å². The van der Waals surface area contributed by atoms with Gasteiger partial charge in [0.05, 0.1) is 0 Å². The van der Waals surface area contributed by atoms with E-state index in [1.54, 1.807) is 0 Å². The van der Waals surface area contributed by atoms with E-state index in [0.717, 1.165) is 0 Å². The molecule has 0 aromatic rings. The lowest BCUT2D eigenvalue weighted by molar-refractivity contribution is -0.236. The normalized spacial score (nSPS) is 31.5. The van der Waals surface area contributed by atoms with Crippen LogP contribution in [0.25, 0.3) is 0 Å². The van der Waals surface area contributed by atoms with Crippen LogP contribution in [0.1, 0.15) is 33.1 Å². The number of carbonyl (C=O) groups excluding carboxylic acids is 4. The molecule has 0 N–H and O–H groups in total. The van der Waals surface area contributed by atoms with Crippen LogP contribution in [-0.2, 0) is 42.9 Å². The van der Waals surface area contributed by atoms with E-state index in [9.17, 15) is 19.2 Å². The van der Waals surface area contributed by atoms with Crippen molar-refractivity contribution < 1.29 is 48.3 Å². The second kappa shape index (κ2) is 8.97. The van der Waals surface area contributed by atoms with Gasteiger partial charge in [-0.05, 0) is 0 Å². The van der Waals surface area contributed by atoms with Crippen LogP contribution in [-0.4, -0.2) is 59.9 Å². The fourth-order valence-electron chi connectivity index (χ4n) is 2.03. The number of hydrogen-bond donors (Lipinski definition) is 0. The maximum Gasteiger partial charge on any atom is 0.303 e. The fraction of sp³-hybridized carbons (Fsp3) is 0.714. The number of halogens is 1. The van der Waals surface area contributed by atoms with Crippen molar-refractivity contribution in [3.05, 3.63) is 0 Å². The molecule has 1 unspecified atom stereocenters. The highest BCUT2D eigenvalue weighted by Gasteiger charge is 2.51. The van der Waals surface area contributed by atoms with Crippen LogP contribution in [0.4, 0.5) is 0 Å². The van der Waals surface area contributed by atoms with Gasteiger partial charge in [0.15, 0.2) is 23.3 Å². The van der Waals surface area contributed by atoms with Crippen molar-refractivity contribution in [2.45, 2.75) is 57.0 Å². The van der Waals surface area contributed by atoms with Gasteiger partial charge in [-0.2, -0.15) is 0 Å². The standard InChI is InChI=1S/C14H19BrO9/c1-6(16)20-5-10-11(21-7(2)17)12(22-8(3)18)13(14(15)24-10)23-9(4)19/h10-14H,5H2,1-4H3/t10-,11-,12+,13+,14?/m1/s1/i1D,2D,3D,4D. The van der Waals surface area contributed by atoms with E-state index < -0.39 is 87.5 Å². The molecule has 0 saturated carbocycles. The third-order valence-electron chi connectivity index (χ3n) is 2.79. The largest absolute Gasteiger partial charge is 0.463 e. The Balaban J connectivity index is 3.17. The van der Waals surface area contributed by atoms with Gasteiger partial charge in [-0.15, -0.1) is 0 Å². The van der Waals surface area contributed by atoms with Gasteiger partial charge < -0.3 is 23.7 Å². The van der Waals surface area contributed by atoms with Crippen molar-refractivity contribution in [1.82, 2.24) is 0 Å². The van der Waals surface area contributed by atoms with Crippen LogP contribution in [0.3, 0.4) is 0 Å². The molecule has 1 saturated heterocycles. The zero-order valence-electron chi connectivity index (χ0n) is 16.5. The van der Waals surface area contributed by atoms with Crippen molar-refractivity contribution in [2.24, 2.45) is 0 Å². The van der Waals surface area contributed by atoms with Crippen LogP contribution in [0.15, 0.2) is 0 Å². The maximum absolute atomic E-state index is 11.7. The van der Waals surface area contributed by atoms with E-state index in [0.29, 0.717) is 0 Å². The van der Waals surface area contributed by atoms with Crippen LogP contribution in [0.5, 0.6) is 0 Å². The van der Waals surface area contributed by atoms with Crippen LogP contribution < -0.4 is 0 Å². The topological polar surface area (TPSA) is 114 Å². The van der Waals surface area contributed by atoms with E-state index in [2.05, 4.69) is 15.9 Å². The molecule has 0 aromatic carbocycles. The van der Waals surface area contributed by atoms with Crippen LogP contribution >= 0.6 is 15.9 Å². The zero-order chi connectivity index (χ0) is 21.3. The second-order valence-electron chi connectivity index (χ2n) is 4.57. The lowest BCUT2D eigenvalue weighted by atomic mass is 9.99. The van der Waals surface area contributed by atoms with E-state index in [4.69, 9.17) is 29.2 Å². The summed E-state index contributed by atoms with van der Waals surface area (Å²) in [5.41, 5.74) is 0. The number of alkyl halides is 1. The summed E-state index contributed by atoms with van der Waals surface area (Å²) in [6.45, 7) is -3.44. The minimum atomic E-state index is -1.46. The summed E-state index contributed by atoms with van der Waals surface area (Å²) in [5.74, 6) is -3.90. The van der Waals surface area contributed by atoms with Crippen molar-refractivity contribution in [3.63, 3.8) is 0 Å². The number of esters is 4. The Labute approximate surface area is 152 Å². The Morgan fingerprint density at radius 2 is 1.38 bits per heavy atom. The summed E-state index contributed by atoms with van der Waals surface area (Å²) in [6, 6.07) is 0. The Bertz CT molecular complexity index is 579. The molecule has 0 radical (unpaired) electrons. The summed E-state index contributed by atoms with van der Waals surface area (Å²) in [7, 11) is 0. The summed E-state index contributed by atoms with van der Waals surface area (Å²) < 4.78 is 53.7. The van der Waals surface area contributed by atoms with E-state index in [1.807, 2.05) is 0 Å². The predicted octanol–water partition coefficient (Wildman–Crippen LogP) is 0.464. The molecule has 24 heavy (non-hydrogen) atoms. The Morgan fingerprint density at radius 1 is 0.875 bits per heavy atom. The first-order valence-electron chi connectivity index (χ1n) is 9.30. The Hall–Kier alpha value is -1.68.